The molecule has 36 heavy (non-hydrogen) atoms. The molecule has 2 aromatic carbocycles. The van der Waals surface area contributed by atoms with Gasteiger partial charge in [-0.25, -0.2) is 4.79 Å². The largest absolute Gasteiger partial charge is 0.460 e. The van der Waals surface area contributed by atoms with Crippen molar-refractivity contribution in [2.75, 3.05) is 69.2 Å². The van der Waals surface area contributed by atoms with Gasteiger partial charge in [-0.05, 0) is 44.2 Å². The molecule has 2 N–H and O–H groups in total. The maximum absolute atomic E-state index is 12.4. The number of carbonyl (C=O) groups is 2. The second kappa shape index (κ2) is 12.8. The van der Waals surface area contributed by atoms with Gasteiger partial charge >= 0.3 is 5.97 Å². The summed E-state index contributed by atoms with van der Waals surface area (Å²) in [6.07, 6.45) is 0. The van der Waals surface area contributed by atoms with E-state index in [1.54, 1.807) is 0 Å². The van der Waals surface area contributed by atoms with Crippen LogP contribution in [0.1, 0.15) is 24.2 Å². The number of nitrogens with zero attached hydrogens (tertiary/aromatic N) is 4. The van der Waals surface area contributed by atoms with Gasteiger partial charge in [-0.2, -0.15) is 0 Å². The molecule has 0 aromatic heterocycles. The van der Waals surface area contributed by atoms with Crippen LogP contribution in [-0.2, 0) is 9.53 Å². The van der Waals surface area contributed by atoms with Crippen LogP contribution in [0.5, 0.6) is 0 Å². The van der Waals surface area contributed by atoms with Crippen molar-refractivity contribution < 1.29 is 24.4 Å². The summed E-state index contributed by atoms with van der Waals surface area (Å²) in [7, 11) is 0. The summed E-state index contributed by atoms with van der Waals surface area (Å²) in [5.74, 6) is -0.590. The lowest BCUT2D eigenvalue weighted by molar-refractivity contribution is -0.383. The Hall–Kier alpha value is -3.70. The molecule has 0 radical (unpaired) electrons. The fraction of sp³-hybridized carbons (Fsp3) is 0.440. The SMILES string of the molecule is CCN(CC)C(=O)CN1CCN(c2cccc(Nc3ccc(C(=O)OCCO)cc3[N+](=O)[O-])c2)CC1. The van der Waals surface area contributed by atoms with Gasteiger partial charge in [0.15, 0.2) is 0 Å². The maximum Gasteiger partial charge on any atom is 0.338 e. The van der Waals surface area contributed by atoms with E-state index < -0.39 is 10.9 Å². The molecular weight excluding hydrogens is 466 g/mol. The van der Waals surface area contributed by atoms with Crippen LogP contribution in [0, 0.1) is 10.1 Å². The number of hydrogen-bond acceptors (Lipinski definition) is 9. The molecule has 0 saturated carbocycles. The van der Waals surface area contributed by atoms with Gasteiger partial charge in [0.1, 0.15) is 12.3 Å². The lowest BCUT2D eigenvalue weighted by Crippen LogP contribution is -2.50. The summed E-state index contributed by atoms with van der Waals surface area (Å²) in [5, 5.41) is 23.5. The van der Waals surface area contributed by atoms with Gasteiger partial charge in [0.25, 0.3) is 5.69 Å². The number of ether oxygens (including phenoxy) is 1. The average Bonchev–Trinajstić information content (AvgIpc) is 2.88. The van der Waals surface area contributed by atoms with Crippen molar-refractivity contribution >= 4 is 34.6 Å². The smallest absolute Gasteiger partial charge is 0.338 e. The van der Waals surface area contributed by atoms with Crippen LogP contribution >= 0.6 is 0 Å². The zero-order chi connectivity index (χ0) is 26.1. The summed E-state index contributed by atoms with van der Waals surface area (Å²) in [4.78, 5) is 41.7. The van der Waals surface area contributed by atoms with Gasteiger partial charge in [-0.3, -0.25) is 19.8 Å². The molecular formula is C25H33N5O6. The minimum absolute atomic E-state index is 0.0341. The third-order valence-electron chi connectivity index (χ3n) is 6.09. The van der Waals surface area contributed by atoms with E-state index in [4.69, 9.17) is 9.84 Å². The molecule has 2 aromatic rings. The molecule has 0 spiro atoms. The topological polar surface area (TPSA) is 128 Å². The van der Waals surface area contributed by atoms with Crippen molar-refractivity contribution in [2.45, 2.75) is 13.8 Å². The van der Waals surface area contributed by atoms with E-state index in [-0.39, 0.29) is 36.1 Å². The molecule has 11 heteroatoms. The first kappa shape index (κ1) is 26.9. The van der Waals surface area contributed by atoms with Gasteiger partial charge in [0.2, 0.25) is 5.91 Å². The van der Waals surface area contributed by atoms with E-state index in [0.717, 1.165) is 37.9 Å². The van der Waals surface area contributed by atoms with Crippen molar-refractivity contribution in [1.29, 1.82) is 0 Å². The number of piperazine rings is 1. The van der Waals surface area contributed by atoms with Crippen molar-refractivity contribution in [3.05, 3.63) is 58.1 Å². The third-order valence-corrected chi connectivity index (χ3v) is 6.09. The summed E-state index contributed by atoms with van der Waals surface area (Å²) >= 11 is 0. The van der Waals surface area contributed by atoms with Gasteiger partial charge in [0, 0.05) is 56.7 Å². The normalized spacial score (nSPS) is 13.8. The molecule has 1 amide bonds. The fourth-order valence-corrected chi connectivity index (χ4v) is 4.10. The van der Waals surface area contributed by atoms with Crippen LogP contribution in [0.4, 0.5) is 22.7 Å². The molecule has 0 bridgehead atoms. The van der Waals surface area contributed by atoms with Crippen LogP contribution < -0.4 is 10.2 Å². The zero-order valence-corrected chi connectivity index (χ0v) is 20.7. The van der Waals surface area contributed by atoms with Gasteiger partial charge in [-0.15, -0.1) is 0 Å². The van der Waals surface area contributed by atoms with Crippen molar-refractivity contribution in [3.8, 4) is 0 Å². The number of hydrogen-bond donors (Lipinski definition) is 2. The highest BCUT2D eigenvalue weighted by Gasteiger charge is 2.22. The Bertz CT molecular complexity index is 1070. The Morgan fingerprint density at radius 2 is 1.83 bits per heavy atom. The van der Waals surface area contributed by atoms with E-state index in [0.29, 0.717) is 25.3 Å². The third kappa shape index (κ3) is 6.92. The number of nitro benzene ring substituents is 1. The lowest BCUT2D eigenvalue weighted by Gasteiger charge is -2.36. The molecule has 1 aliphatic heterocycles. The van der Waals surface area contributed by atoms with Gasteiger partial charge < -0.3 is 25.0 Å². The minimum atomic E-state index is -0.737. The van der Waals surface area contributed by atoms with Crippen LogP contribution in [0.2, 0.25) is 0 Å². The lowest BCUT2D eigenvalue weighted by atomic mass is 10.1. The van der Waals surface area contributed by atoms with Crippen LogP contribution in [0.15, 0.2) is 42.5 Å². The quantitative estimate of drug-likeness (QED) is 0.272. The second-order valence-electron chi connectivity index (χ2n) is 8.35. The monoisotopic (exact) mass is 499 g/mol. The molecule has 1 fully saturated rings. The predicted molar refractivity (Wildman–Crippen MR) is 137 cm³/mol. The van der Waals surface area contributed by atoms with E-state index in [1.165, 1.54) is 12.1 Å². The number of rotatable bonds is 11. The fourth-order valence-electron chi connectivity index (χ4n) is 4.10. The van der Waals surface area contributed by atoms with Gasteiger partial charge in [0.05, 0.1) is 23.6 Å². The first-order valence-electron chi connectivity index (χ1n) is 12.0. The van der Waals surface area contributed by atoms with Crippen LogP contribution in [-0.4, -0.2) is 90.7 Å². The Morgan fingerprint density at radius 1 is 1.11 bits per heavy atom. The van der Waals surface area contributed by atoms with E-state index >= 15 is 0 Å². The highest BCUT2D eigenvalue weighted by Crippen LogP contribution is 2.30. The summed E-state index contributed by atoms with van der Waals surface area (Å²) < 4.78 is 4.84. The Morgan fingerprint density at radius 3 is 2.47 bits per heavy atom. The molecule has 0 aliphatic carbocycles. The van der Waals surface area contributed by atoms with Crippen molar-refractivity contribution in [2.24, 2.45) is 0 Å². The van der Waals surface area contributed by atoms with Crippen molar-refractivity contribution in [1.82, 2.24) is 9.80 Å². The molecule has 1 saturated heterocycles. The first-order valence-corrected chi connectivity index (χ1v) is 12.0. The van der Waals surface area contributed by atoms with Crippen LogP contribution in [0.3, 0.4) is 0 Å². The number of aliphatic hydroxyl groups is 1. The summed E-state index contributed by atoms with van der Waals surface area (Å²) in [6.45, 7) is 8.37. The van der Waals surface area contributed by atoms with Crippen LogP contribution in [0.25, 0.3) is 0 Å². The second-order valence-corrected chi connectivity index (χ2v) is 8.35. The summed E-state index contributed by atoms with van der Waals surface area (Å²) in [5.41, 5.74) is 1.67. The number of esters is 1. The molecule has 0 unspecified atom stereocenters. The first-order chi connectivity index (χ1) is 17.4. The van der Waals surface area contributed by atoms with E-state index in [9.17, 15) is 19.7 Å². The number of benzene rings is 2. The van der Waals surface area contributed by atoms with E-state index in [2.05, 4.69) is 15.1 Å². The number of anilines is 3. The standard InChI is InChI=1S/C25H33N5O6/c1-3-28(4-2)24(32)18-27-10-12-29(13-11-27)21-7-5-6-20(17-21)26-22-9-8-19(16-23(22)30(34)35)25(33)36-15-14-31/h5-9,16-17,26,31H,3-4,10-15,18H2,1-2H3. The minimum Gasteiger partial charge on any atom is -0.460 e. The number of nitro groups is 1. The maximum atomic E-state index is 12.4. The number of aliphatic hydroxyl groups excluding tert-OH is 1. The molecule has 1 aliphatic rings. The highest BCUT2D eigenvalue weighted by atomic mass is 16.6. The number of nitrogens with one attached hydrogen (secondary N) is 1. The molecule has 194 valence electrons. The number of likely N-dealkylation sites (N-methyl/N-ethyl adjacent to an activating group) is 1. The van der Waals surface area contributed by atoms with Gasteiger partial charge in [-0.1, -0.05) is 6.07 Å². The molecule has 3 rings (SSSR count). The Labute approximate surface area is 210 Å². The molecule has 0 atom stereocenters. The zero-order valence-electron chi connectivity index (χ0n) is 20.7. The Balaban J connectivity index is 1.66. The predicted octanol–water partition coefficient (Wildman–Crippen LogP) is 2.48. The molecule has 11 nitrogen and oxygen atoms in total. The average molecular weight is 500 g/mol. The molecule has 1 heterocycles. The summed E-state index contributed by atoms with van der Waals surface area (Å²) in [6, 6.07) is 11.7. The Kier molecular flexibility index (Phi) is 9.60. The number of carbonyl (C=O) groups excluding carboxylic acids is 2. The van der Waals surface area contributed by atoms with E-state index in [1.807, 2.05) is 43.0 Å². The van der Waals surface area contributed by atoms with Crippen molar-refractivity contribution in [3.63, 3.8) is 0 Å². The number of amides is 1. The highest BCUT2D eigenvalue weighted by molar-refractivity contribution is 5.91.